The molecule has 3 rings (SSSR count). The van der Waals surface area contributed by atoms with Gasteiger partial charge in [0.25, 0.3) is 5.91 Å². The number of anilines is 1. The van der Waals surface area contributed by atoms with Gasteiger partial charge in [0.15, 0.2) is 9.84 Å². The predicted molar refractivity (Wildman–Crippen MR) is 87.1 cm³/mol. The highest BCUT2D eigenvalue weighted by molar-refractivity contribution is 7.91. The summed E-state index contributed by atoms with van der Waals surface area (Å²) in [5.41, 5.74) is 0.314. The van der Waals surface area contributed by atoms with E-state index in [0.29, 0.717) is 17.9 Å². The monoisotopic (exact) mass is 338 g/mol. The van der Waals surface area contributed by atoms with Crippen molar-refractivity contribution in [2.45, 2.75) is 50.6 Å². The number of carbonyl (C=O) groups is 1. The topological polar surface area (TPSA) is 101 Å². The zero-order valence-electron chi connectivity index (χ0n) is 13.0. The van der Waals surface area contributed by atoms with Crippen LogP contribution in [-0.4, -0.2) is 47.9 Å². The molecule has 2 aliphatic rings. The minimum atomic E-state index is -2.95. The van der Waals surface area contributed by atoms with Gasteiger partial charge in [-0.05, 0) is 19.3 Å². The summed E-state index contributed by atoms with van der Waals surface area (Å²) >= 11 is 0. The van der Waals surface area contributed by atoms with E-state index in [1.807, 2.05) is 0 Å². The number of carbonyl (C=O) groups excluding carboxylic acids is 1. The molecular formula is C15H22N4O3S. The summed E-state index contributed by atoms with van der Waals surface area (Å²) < 4.78 is 23.0. The van der Waals surface area contributed by atoms with Crippen LogP contribution in [0.5, 0.6) is 0 Å². The lowest BCUT2D eigenvalue weighted by Crippen LogP contribution is -2.36. The van der Waals surface area contributed by atoms with Crippen LogP contribution < -0.4 is 10.6 Å². The SMILES string of the molecule is O=C(NC1CCCCC1)c1cc(NC2CCS(=O)(=O)C2)ncn1. The lowest BCUT2D eigenvalue weighted by molar-refractivity contribution is 0.0922. The smallest absolute Gasteiger partial charge is 0.270 e. The quantitative estimate of drug-likeness (QED) is 0.854. The van der Waals surface area contributed by atoms with Crippen molar-refractivity contribution in [3.8, 4) is 0 Å². The van der Waals surface area contributed by atoms with Gasteiger partial charge in [0.1, 0.15) is 17.8 Å². The molecule has 0 radical (unpaired) electrons. The minimum absolute atomic E-state index is 0.112. The van der Waals surface area contributed by atoms with Crippen LogP contribution in [-0.2, 0) is 9.84 Å². The molecule has 2 N–H and O–H groups in total. The third-order valence-corrected chi connectivity index (χ3v) is 6.19. The minimum Gasteiger partial charge on any atom is -0.366 e. The maximum Gasteiger partial charge on any atom is 0.270 e. The second kappa shape index (κ2) is 6.82. The molecule has 1 aliphatic carbocycles. The molecule has 1 saturated heterocycles. The van der Waals surface area contributed by atoms with Crippen molar-refractivity contribution < 1.29 is 13.2 Å². The largest absolute Gasteiger partial charge is 0.366 e. The van der Waals surface area contributed by atoms with Crippen molar-refractivity contribution in [2.75, 3.05) is 16.8 Å². The van der Waals surface area contributed by atoms with Gasteiger partial charge in [-0.15, -0.1) is 0 Å². The van der Waals surface area contributed by atoms with E-state index in [4.69, 9.17) is 0 Å². The van der Waals surface area contributed by atoms with E-state index < -0.39 is 9.84 Å². The van der Waals surface area contributed by atoms with E-state index in [2.05, 4.69) is 20.6 Å². The van der Waals surface area contributed by atoms with Gasteiger partial charge in [0, 0.05) is 18.2 Å². The Labute approximate surface area is 136 Å². The van der Waals surface area contributed by atoms with Gasteiger partial charge in [-0.2, -0.15) is 0 Å². The number of amides is 1. The summed E-state index contributed by atoms with van der Waals surface area (Å²) in [6.45, 7) is 0. The summed E-state index contributed by atoms with van der Waals surface area (Å²) in [7, 11) is -2.95. The van der Waals surface area contributed by atoms with Gasteiger partial charge in [0.2, 0.25) is 0 Å². The summed E-state index contributed by atoms with van der Waals surface area (Å²) in [5.74, 6) is 0.614. The Hall–Kier alpha value is -1.70. The molecule has 7 nitrogen and oxygen atoms in total. The van der Waals surface area contributed by atoms with Crippen LogP contribution in [0.2, 0.25) is 0 Å². The number of sulfone groups is 1. The summed E-state index contributed by atoms with van der Waals surface area (Å²) in [6.07, 6.45) is 7.47. The van der Waals surface area contributed by atoms with Crippen LogP contribution in [0.15, 0.2) is 12.4 Å². The van der Waals surface area contributed by atoms with E-state index in [9.17, 15) is 13.2 Å². The molecule has 8 heteroatoms. The van der Waals surface area contributed by atoms with E-state index in [1.165, 1.54) is 12.7 Å². The molecule has 126 valence electrons. The summed E-state index contributed by atoms with van der Waals surface area (Å²) in [4.78, 5) is 20.4. The molecule has 2 fully saturated rings. The first-order valence-corrected chi connectivity index (χ1v) is 9.94. The molecule has 0 spiro atoms. The molecule has 1 amide bonds. The van der Waals surface area contributed by atoms with Crippen molar-refractivity contribution in [3.63, 3.8) is 0 Å². The average Bonchev–Trinajstić information content (AvgIpc) is 2.87. The number of nitrogens with one attached hydrogen (secondary N) is 2. The Morgan fingerprint density at radius 2 is 1.87 bits per heavy atom. The third-order valence-electron chi connectivity index (χ3n) is 4.42. The number of rotatable bonds is 4. The van der Waals surface area contributed by atoms with Gasteiger partial charge < -0.3 is 10.6 Å². The molecule has 1 saturated carbocycles. The Morgan fingerprint density at radius 3 is 2.57 bits per heavy atom. The summed E-state index contributed by atoms with van der Waals surface area (Å²) in [5, 5.41) is 6.10. The number of hydrogen-bond acceptors (Lipinski definition) is 6. The normalized spacial score (nSPS) is 24.3. The molecule has 2 heterocycles. The van der Waals surface area contributed by atoms with Gasteiger partial charge >= 0.3 is 0 Å². The van der Waals surface area contributed by atoms with Crippen molar-refractivity contribution in [1.29, 1.82) is 0 Å². The Balaban J connectivity index is 1.61. The van der Waals surface area contributed by atoms with Crippen molar-refractivity contribution in [2.24, 2.45) is 0 Å². The average molecular weight is 338 g/mol. The van der Waals surface area contributed by atoms with Crippen LogP contribution in [0, 0.1) is 0 Å². The maximum absolute atomic E-state index is 12.3. The van der Waals surface area contributed by atoms with Crippen molar-refractivity contribution in [3.05, 3.63) is 18.1 Å². The molecule has 1 aromatic heterocycles. The van der Waals surface area contributed by atoms with E-state index in [0.717, 1.165) is 25.7 Å². The molecule has 1 aliphatic heterocycles. The first-order chi connectivity index (χ1) is 11.0. The Morgan fingerprint density at radius 1 is 1.09 bits per heavy atom. The van der Waals surface area contributed by atoms with Gasteiger partial charge in [-0.3, -0.25) is 4.79 Å². The van der Waals surface area contributed by atoms with Gasteiger partial charge in [0.05, 0.1) is 11.5 Å². The van der Waals surface area contributed by atoms with E-state index in [1.54, 1.807) is 6.07 Å². The third kappa shape index (κ3) is 4.40. The fourth-order valence-corrected chi connectivity index (χ4v) is 4.86. The van der Waals surface area contributed by atoms with Crippen LogP contribution in [0.4, 0.5) is 5.82 Å². The lowest BCUT2D eigenvalue weighted by Gasteiger charge is -2.22. The van der Waals surface area contributed by atoms with Gasteiger partial charge in [-0.25, -0.2) is 18.4 Å². The zero-order valence-corrected chi connectivity index (χ0v) is 13.8. The summed E-state index contributed by atoms with van der Waals surface area (Å²) in [6, 6.07) is 1.66. The number of aromatic nitrogens is 2. The first-order valence-electron chi connectivity index (χ1n) is 8.12. The van der Waals surface area contributed by atoms with Crippen LogP contribution in [0.3, 0.4) is 0 Å². The Bertz CT molecular complexity index is 671. The molecule has 1 aromatic rings. The van der Waals surface area contributed by atoms with Crippen LogP contribution in [0.1, 0.15) is 49.0 Å². The fraction of sp³-hybridized carbons (Fsp3) is 0.667. The molecule has 1 unspecified atom stereocenters. The highest BCUT2D eigenvalue weighted by Gasteiger charge is 2.28. The molecule has 0 aromatic carbocycles. The van der Waals surface area contributed by atoms with E-state index >= 15 is 0 Å². The molecule has 0 bridgehead atoms. The number of nitrogens with zero attached hydrogens (tertiary/aromatic N) is 2. The van der Waals surface area contributed by atoms with Crippen molar-refractivity contribution >= 4 is 21.6 Å². The second-order valence-corrected chi connectivity index (χ2v) is 8.57. The standard InChI is InChI=1S/C15H22N4O3S/c20-15(19-11-4-2-1-3-5-11)13-8-14(17-10-16-13)18-12-6-7-23(21,22)9-12/h8,10-12H,1-7,9H2,(H,19,20)(H,16,17,18). The number of hydrogen-bond donors (Lipinski definition) is 2. The zero-order chi connectivity index (χ0) is 16.3. The van der Waals surface area contributed by atoms with Gasteiger partial charge in [-0.1, -0.05) is 19.3 Å². The van der Waals surface area contributed by atoms with Crippen molar-refractivity contribution in [1.82, 2.24) is 15.3 Å². The highest BCUT2D eigenvalue weighted by atomic mass is 32.2. The Kier molecular flexibility index (Phi) is 4.79. The predicted octanol–water partition coefficient (Wildman–Crippen LogP) is 1.14. The fourth-order valence-electron chi connectivity index (χ4n) is 3.18. The molecule has 1 atom stereocenters. The van der Waals surface area contributed by atoms with Crippen LogP contribution in [0.25, 0.3) is 0 Å². The lowest BCUT2D eigenvalue weighted by atomic mass is 9.95. The molecule has 23 heavy (non-hydrogen) atoms. The first kappa shape index (κ1) is 16.2. The second-order valence-electron chi connectivity index (χ2n) is 6.34. The van der Waals surface area contributed by atoms with Crippen LogP contribution >= 0.6 is 0 Å². The molecular weight excluding hydrogens is 316 g/mol. The highest BCUT2D eigenvalue weighted by Crippen LogP contribution is 2.19. The van der Waals surface area contributed by atoms with E-state index in [-0.39, 0.29) is 29.5 Å². The maximum atomic E-state index is 12.3.